The van der Waals surface area contributed by atoms with Gasteiger partial charge in [0, 0.05) is 30.4 Å². The summed E-state index contributed by atoms with van der Waals surface area (Å²) in [5.41, 5.74) is 1.98. The third-order valence-electron chi connectivity index (χ3n) is 5.82. The Kier molecular flexibility index (Phi) is 6.53. The number of amides is 2. The maximum atomic E-state index is 12.2. The highest BCUT2D eigenvalue weighted by Gasteiger charge is 2.26. The molecule has 1 aliphatic carbocycles. The van der Waals surface area contributed by atoms with Gasteiger partial charge in [0.2, 0.25) is 11.8 Å². The Morgan fingerprint density at radius 2 is 1.69 bits per heavy atom. The summed E-state index contributed by atoms with van der Waals surface area (Å²) in [5.74, 6) is 0.282. The third-order valence-corrected chi connectivity index (χ3v) is 5.82. The highest BCUT2D eigenvalue weighted by molar-refractivity contribution is 5.94. The van der Waals surface area contributed by atoms with E-state index in [2.05, 4.69) is 27.7 Å². The molecule has 1 aromatic carbocycles. The number of benzene rings is 1. The molecule has 26 heavy (non-hydrogen) atoms. The Bertz CT molecular complexity index is 602. The molecule has 1 unspecified atom stereocenters. The van der Waals surface area contributed by atoms with E-state index in [1.165, 1.54) is 37.8 Å². The summed E-state index contributed by atoms with van der Waals surface area (Å²) in [4.78, 5) is 26.7. The number of rotatable bonds is 6. The standard InChI is InChI=1S/C21H31N3O2/c1-16(17-7-3-4-8-17)21(26)22-15-20(25)23-18-9-11-19(12-10-18)24-13-5-2-6-14-24/h9-12,16-17H,2-8,13-15H2,1H3,(H,22,26)(H,23,25). The number of hydrogen-bond acceptors (Lipinski definition) is 3. The SMILES string of the molecule is CC(C(=O)NCC(=O)Nc1ccc(N2CCCCC2)cc1)C1CCCC1. The van der Waals surface area contributed by atoms with E-state index in [9.17, 15) is 9.59 Å². The molecule has 0 aromatic heterocycles. The lowest BCUT2D eigenvalue weighted by Gasteiger charge is -2.28. The summed E-state index contributed by atoms with van der Waals surface area (Å²) in [6.45, 7) is 4.22. The number of piperidine rings is 1. The lowest BCUT2D eigenvalue weighted by atomic mass is 9.92. The number of nitrogens with zero attached hydrogens (tertiary/aromatic N) is 1. The Balaban J connectivity index is 1.43. The van der Waals surface area contributed by atoms with Gasteiger partial charge in [0.25, 0.3) is 0 Å². The van der Waals surface area contributed by atoms with Crippen LogP contribution >= 0.6 is 0 Å². The van der Waals surface area contributed by atoms with Crippen molar-refractivity contribution in [3.63, 3.8) is 0 Å². The maximum absolute atomic E-state index is 12.2. The van der Waals surface area contributed by atoms with Gasteiger partial charge in [-0.05, 0) is 62.3 Å². The van der Waals surface area contributed by atoms with Crippen LogP contribution in [-0.2, 0) is 9.59 Å². The molecule has 1 aliphatic heterocycles. The third kappa shape index (κ3) is 4.99. The molecule has 1 saturated heterocycles. The van der Waals surface area contributed by atoms with E-state index in [1.807, 2.05) is 19.1 Å². The van der Waals surface area contributed by atoms with Crippen molar-refractivity contribution in [1.29, 1.82) is 0 Å². The van der Waals surface area contributed by atoms with Gasteiger partial charge in [0.05, 0.1) is 6.54 Å². The molecule has 1 saturated carbocycles. The number of nitrogens with one attached hydrogen (secondary N) is 2. The predicted octanol–water partition coefficient (Wildman–Crippen LogP) is 3.56. The number of carbonyl (C=O) groups is 2. The van der Waals surface area contributed by atoms with Crippen LogP contribution in [0, 0.1) is 11.8 Å². The van der Waals surface area contributed by atoms with Gasteiger partial charge in [-0.15, -0.1) is 0 Å². The van der Waals surface area contributed by atoms with Crippen molar-refractivity contribution in [1.82, 2.24) is 5.32 Å². The zero-order valence-electron chi connectivity index (χ0n) is 15.8. The van der Waals surface area contributed by atoms with Crippen molar-refractivity contribution in [2.45, 2.75) is 51.9 Å². The quantitative estimate of drug-likeness (QED) is 0.818. The van der Waals surface area contributed by atoms with E-state index in [0.717, 1.165) is 31.6 Å². The monoisotopic (exact) mass is 357 g/mol. The molecular formula is C21H31N3O2. The second-order valence-corrected chi connectivity index (χ2v) is 7.69. The first-order valence-electron chi connectivity index (χ1n) is 10.1. The van der Waals surface area contributed by atoms with Crippen molar-refractivity contribution in [2.24, 2.45) is 11.8 Å². The predicted molar refractivity (Wildman–Crippen MR) is 105 cm³/mol. The van der Waals surface area contributed by atoms with E-state index in [4.69, 9.17) is 0 Å². The van der Waals surface area contributed by atoms with Crippen molar-refractivity contribution in [3.05, 3.63) is 24.3 Å². The average molecular weight is 357 g/mol. The smallest absolute Gasteiger partial charge is 0.243 e. The van der Waals surface area contributed by atoms with Gasteiger partial charge in [0.15, 0.2) is 0 Å². The van der Waals surface area contributed by atoms with E-state index >= 15 is 0 Å². The molecule has 5 heteroatoms. The molecule has 0 spiro atoms. The summed E-state index contributed by atoms with van der Waals surface area (Å²) >= 11 is 0. The molecule has 2 fully saturated rings. The fraction of sp³-hybridized carbons (Fsp3) is 0.619. The van der Waals surface area contributed by atoms with Crippen molar-refractivity contribution in [3.8, 4) is 0 Å². The normalized spacial score (nSPS) is 19.2. The zero-order chi connectivity index (χ0) is 18.4. The first kappa shape index (κ1) is 18.7. The zero-order valence-corrected chi connectivity index (χ0v) is 15.8. The van der Waals surface area contributed by atoms with Crippen LogP contribution in [0.4, 0.5) is 11.4 Å². The minimum atomic E-state index is -0.178. The van der Waals surface area contributed by atoms with Crippen LogP contribution in [0.25, 0.3) is 0 Å². The van der Waals surface area contributed by atoms with Crippen molar-refractivity contribution < 1.29 is 9.59 Å². The topological polar surface area (TPSA) is 61.4 Å². The first-order valence-corrected chi connectivity index (χ1v) is 10.1. The van der Waals surface area contributed by atoms with Gasteiger partial charge in [-0.1, -0.05) is 19.8 Å². The lowest BCUT2D eigenvalue weighted by Crippen LogP contribution is -2.38. The van der Waals surface area contributed by atoms with Gasteiger partial charge >= 0.3 is 0 Å². The van der Waals surface area contributed by atoms with Crippen molar-refractivity contribution in [2.75, 3.05) is 29.9 Å². The molecule has 3 rings (SSSR count). The molecule has 5 nitrogen and oxygen atoms in total. The second kappa shape index (κ2) is 9.06. The molecule has 1 heterocycles. The van der Waals surface area contributed by atoms with Gasteiger partial charge in [-0.25, -0.2) is 0 Å². The lowest BCUT2D eigenvalue weighted by molar-refractivity contribution is -0.128. The Labute approximate surface area is 156 Å². The fourth-order valence-corrected chi connectivity index (χ4v) is 4.11. The summed E-state index contributed by atoms with van der Waals surface area (Å²) < 4.78 is 0. The molecule has 0 bridgehead atoms. The Morgan fingerprint density at radius 3 is 2.35 bits per heavy atom. The minimum absolute atomic E-state index is 0.00544. The Hall–Kier alpha value is -2.04. The molecule has 142 valence electrons. The number of anilines is 2. The fourth-order valence-electron chi connectivity index (χ4n) is 4.11. The van der Waals surface area contributed by atoms with Gasteiger partial charge in [-0.3, -0.25) is 9.59 Å². The van der Waals surface area contributed by atoms with E-state index in [1.54, 1.807) is 0 Å². The number of carbonyl (C=O) groups excluding carboxylic acids is 2. The molecule has 2 amide bonds. The summed E-state index contributed by atoms with van der Waals surface area (Å²) in [5, 5.41) is 5.65. The largest absolute Gasteiger partial charge is 0.372 e. The van der Waals surface area contributed by atoms with Crippen LogP contribution < -0.4 is 15.5 Å². The molecule has 2 aliphatic rings. The maximum Gasteiger partial charge on any atom is 0.243 e. The van der Waals surface area contributed by atoms with E-state index in [0.29, 0.717) is 5.92 Å². The van der Waals surface area contributed by atoms with Crippen LogP contribution in [0.2, 0.25) is 0 Å². The molecule has 1 aromatic rings. The molecule has 1 atom stereocenters. The molecular weight excluding hydrogens is 326 g/mol. The van der Waals surface area contributed by atoms with Crippen LogP contribution in [0.5, 0.6) is 0 Å². The summed E-state index contributed by atoms with van der Waals surface area (Å²) in [7, 11) is 0. The summed E-state index contributed by atoms with van der Waals surface area (Å²) in [6, 6.07) is 7.99. The van der Waals surface area contributed by atoms with E-state index in [-0.39, 0.29) is 24.3 Å². The highest BCUT2D eigenvalue weighted by Crippen LogP contribution is 2.31. The Morgan fingerprint density at radius 1 is 1.04 bits per heavy atom. The minimum Gasteiger partial charge on any atom is -0.372 e. The van der Waals surface area contributed by atoms with Crippen LogP contribution in [-0.4, -0.2) is 31.4 Å². The summed E-state index contributed by atoms with van der Waals surface area (Å²) in [6.07, 6.45) is 8.51. The first-order chi connectivity index (χ1) is 12.6. The second-order valence-electron chi connectivity index (χ2n) is 7.69. The highest BCUT2D eigenvalue weighted by atomic mass is 16.2. The number of hydrogen-bond donors (Lipinski definition) is 2. The van der Waals surface area contributed by atoms with Gasteiger partial charge in [-0.2, -0.15) is 0 Å². The van der Waals surface area contributed by atoms with Crippen LogP contribution in [0.15, 0.2) is 24.3 Å². The van der Waals surface area contributed by atoms with E-state index < -0.39 is 0 Å². The molecule has 2 N–H and O–H groups in total. The van der Waals surface area contributed by atoms with Gasteiger partial charge < -0.3 is 15.5 Å². The van der Waals surface area contributed by atoms with Crippen LogP contribution in [0.1, 0.15) is 51.9 Å². The van der Waals surface area contributed by atoms with Gasteiger partial charge in [0.1, 0.15) is 0 Å². The average Bonchev–Trinajstić information content (AvgIpc) is 3.21. The van der Waals surface area contributed by atoms with Crippen molar-refractivity contribution >= 4 is 23.2 Å². The van der Waals surface area contributed by atoms with Crippen LogP contribution in [0.3, 0.4) is 0 Å². The molecule has 0 radical (unpaired) electrons.